The number of carbonyl (C=O) groups is 1. The van der Waals surface area contributed by atoms with Crippen molar-refractivity contribution < 1.29 is 13.2 Å². The van der Waals surface area contributed by atoms with Gasteiger partial charge in [-0.25, -0.2) is 13.2 Å². The van der Waals surface area contributed by atoms with Gasteiger partial charge in [0.1, 0.15) is 27.7 Å². The molecule has 0 spiro atoms. The molecule has 1 aromatic heterocycles. The number of fused-ring (bicyclic) bond motifs is 1. The van der Waals surface area contributed by atoms with Crippen LogP contribution in [-0.2, 0) is 27.6 Å². The molecule has 1 saturated carbocycles. The highest BCUT2D eigenvalue weighted by atomic mass is 32.2. The Morgan fingerprint density at radius 2 is 1.77 bits per heavy atom. The number of sulfone groups is 1. The molecule has 2 aromatic carbocycles. The number of anilines is 1. The first-order valence-electron chi connectivity index (χ1n) is 13.7. The zero-order valence-electron chi connectivity index (χ0n) is 23.1. The van der Waals surface area contributed by atoms with E-state index in [9.17, 15) is 23.3 Å². The summed E-state index contributed by atoms with van der Waals surface area (Å²) >= 11 is 0. The number of hydrogen-bond donors (Lipinski definition) is 2. The summed E-state index contributed by atoms with van der Waals surface area (Å²) in [4.78, 5) is 31.1. The smallest absolute Gasteiger partial charge is 0.350 e. The number of nitriles is 1. The van der Waals surface area contributed by atoms with Crippen molar-refractivity contribution in [2.45, 2.75) is 70.5 Å². The molecule has 1 amide bonds. The van der Waals surface area contributed by atoms with Crippen LogP contribution < -0.4 is 16.3 Å². The predicted octanol–water partition coefficient (Wildman–Crippen LogP) is 3.83. The number of rotatable bonds is 11. The van der Waals surface area contributed by atoms with Crippen LogP contribution in [0.1, 0.15) is 51.0 Å². The van der Waals surface area contributed by atoms with Crippen LogP contribution in [0.2, 0.25) is 0 Å². The van der Waals surface area contributed by atoms with Crippen LogP contribution in [0.5, 0.6) is 0 Å². The van der Waals surface area contributed by atoms with E-state index in [2.05, 4.69) is 28.6 Å². The van der Waals surface area contributed by atoms with Gasteiger partial charge in [-0.3, -0.25) is 9.36 Å². The maximum Gasteiger partial charge on any atom is 0.350 e. The van der Waals surface area contributed by atoms with Crippen molar-refractivity contribution in [2.24, 2.45) is 5.41 Å². The van der Waals surface area contributed by atoms with Gasteiger partial charge in [0.25, 0.3) is 0 Å². The molecule has 4 rings (SSSR count). The number of para-hydroxylation sites is 1. The van der Waals surface area contributed by atoms with E-state index in [1.54, 1.807) is 18.2 Å². The summed E-state index contributed by atoms with van der Waals surface area (Å²) < 4.78 is 24.9. The lowest BCUT2D eigenvalue weighted by molar-refractivity contribution is -0.123. The summed E-state index contributed by atoms with van der Waals surface area (Å²) in [6.07, 6.45) is 7.38. The molecule has 0 bridgehead atoms. The Morgan fingerprint density at radius 1 is 1.10 bits per heavy atom. The molecule has 0 saturated heterocycles. The van der Waals surface area contributed by atoms with Gasteiger partial charge in [-0.2, -0.15) is 10.2 Å². The summed E-state index contributed by atoms with van der Waals surface area (Å²) in [5.41, 5.74) is 0.820. The molecule has 1 heterocycles. The molecule has 2 N–H and O–H groups in total. The Labute approximate surface area is 235 Å². The standard InChI is InChI=1S/C30H37N5O4S/c1-30(15-9-4-10-16-30)20-25(28(36)32-23(21-31)19-22-11-5-3-6-12-22)33-27-24-13-7-8-14-26(24)35(29(37)34-27)17-18-40(2,38)39/h3,5-8,11-14,23,25H,4,9-10,15-20H2,1-2H3,(H,32,36)(H,33,34,37). The molecule has 9 nitrogen and oxygen atoms in total. The van der Waals surface area contributed by atoms with Crippen LogP contribution in [0, 0.1) is 16.7 Å². The fourth-order valence-electron chi connectivity index (χ4n) is 5.54. The van der Waals surface area contributed by atoms with E-state index in [4.69, 9.17) is 0 Å². The molecule has 212 valence electrons. The first-order chi connectivity index (χ1) is 19.1. The molecule has 40 heavy (non-hydrogen) atoms. The summed E-state index contributed by atoms with van der Waals surface area (Å²) in [7, 11) is -3.29. The van der Waals surface area contributed by atoms with Gasteiger partial charge in [0, 0.05) is 24.6 Å². The minimum absolute atomic E-state index is 0.0171. The van der Waals surface area contributed by atoms with Gasteiger partial charge in [0.05, 0.1) is 17.3 Å². The van der Waals surface area contributed by atoms with E-state index in [1.807, 2.05) is 36.4 Å². The van der Waals surface area contributed by atoms with E-state index >= 15 is 0 Å². The fourth-order valence-corrected chi connectivity index (χ4v) is 6.05. The first kappa shape index (κ1) is 29.3. The molecular weight excluding hydrogens is 526 g/mol. The van der Waals surface area contributed by atoms with E-state index < -0.39 is 27.6 Å². The second-order valence-electron chi connectivity index (χ2n) is 11.2. The average molecular weight is 564 g/mol. The van der Waals surface area contributed by atoms with Gasteiger partial charge in [-0.05, 0) is 42.4 Å². The van der Waals surface area contributed by atoms with Crippen LogP contribution in [0.4, 0.5) is 5.82 Å². The van der Waals surface area contributed by atoms with E-state index in [1.165, 1.54) is 11.0 Å². The maximum absolute atomic E-state index is 13.7. The van der Waals surface area contributed by atoms with Crippen molar-refractivity contribution in [3.63, 3.8) is 0 Å². The summed E-state index contributed by atoms with van der Waals surface area (Å²) in [5, 5.41) is 16.6. The van der Waals surface area contributed by atoms with E-state index in [-0.39, 0.29) is 29.4 Å². The van der Waals surface area contributed by atoms with Crippen molar-refractivity contribution in [1.82, 2.24) is 14.9 Å². The number of benzene rings is 2. The Kier molecular flexibility index (Phi) is 9.25. The molecule has 10 heteroatoms. The lowest BCUT2D eigenvalue weighted by Crippen LogP contribution is -2.47. The third kappa shape index (κ3) is 7.69. The molecule has 1 aliphatic carbocycles. The molecule has 0 aliphatic heterocycles. The van der Waals surface area contributed by atoms with Crippen molar-refractivity contribution in [3.05, 3.63) is 70.6 Å². The van der Waals surface area contributed by atoms with Crippen LogP contribution in [0.25, 0.3) is 10.9 Å². The Morgan fingerprint density at radius 3 is 2.45 bits per heavy atom. The van der Waals surface area contributed by atoms with Crippen molar-refractivity contribution in [3.8, 4) is 6.07 Å². The van der Waals surface area contributed by atoms with Gasteiger partial charge in [-0.1, -0.05) is 68.7 Å². The molecule has 2 atom stereocenters. The van der Waals surface area contributed by atoms with Gasteiger partial charge >= 0.3 is 5.69 Å². The largest absolute Gasteiger partial charge is 0.358 e. The van der Waals surface area contributed by atoms with Crippen LogP contribution >= 0.6 is 0 Å². The molecule has 1 aliphatic rings. The van der Waals surface area contributed by atoms with Gasteiger partial charge in [-0.15, -0.1) is 0 Å². The highest BCUT2D eigenvalue weighted by molar-refractivity contribution is 7.90. The third-order valence-electron chi connectivity index (χ3n) is 7.71. The number of nitrogens with zero attached hydrogens (tertiary/aromatic N) is 3. The fraction of sp³-hybridized carbons (Fsp3) is 0.467. The number of carbonyl (C=O) groups excluding carboxylic acids is 1. The Bertz CT molecular complexity index is 1540. The lowest BCUT2D eigenvalue weighted by Gasteiger charge is -2.36. The quantitative estimate of drug-likeness (QED) is 0.362. The van der Waals surface area contributed by atoms with Crippen molar-refractivity contribution in [1.29, 1.82) is 5.26 Å². The van der Waals surface area contributed by atoms with Gasteiger partial charge < -0.3 is 10.6 Å². The zero-order chi connectivity index (χ0) is 28.8. The number of aryl methyl sites for hydroxylation is 1. The zero-order valence-corrected chi connectivity index (χ0v) is 23.9. The third-order valence-corrected chi connectivity index (χ3v) is 8.64. The van der Waals surface area contributed by atoms with Crippen molar-refractivity contribution in [2.75, 3.05) is 17.3 Å². The SMILES string of the molecule is CC1(CC(Nc2nc(=O)n(CCS(C)(=O)=O)c3ccccc23)C(=O)NC(C#N)Cc2ccccc2)CCCCC1. The molecule has 2 unspecified atom stereocenters. The van der Waals surface area contributed by atoms with Crippen LogP contribution in [0.15, 0.2) is 59.4 Å². The molecule has 1 fully saturated rings. The monoisotopic (exact) mass is 563 g/mol. The summed E-state index contributed by atoms with van der Waals surface area (Å²) in [5.74, 6) is -0.236. The molecule has 0 radical (unpaired) electrons. The molecule has 3 aromatic rings. The lowest BCUT2D eigenvalue weighted by atomic mass is 9.71. The Hall–Kier alpha value is -3.71. The van der Waals surface area contributed by atoms with E-state index in [0.717, 1.165) is 37.5 Å². The van der Waals surface area contributed by atoms with Gasteiger partial charge in [0.2, 0.25) is 5.91 Å². The van der Waals surface area contributed by atoms with E-state index in [0.29, 0.717) is 23.7 Å². The van der Waals surface area contributed by atoms with Crippen molar-refractivity contribution >= 4 is 32.5 Å². The summed E-state index contributed by atoms with van der Waals surface area (Å²) in [6, 6.07) is 17.4. The predicted molar refractivity (Wildman–Crippen MR) is 157 cm³/mol. The summed E-state index contributed by atoms with van der Waals surface area (Å²) in [6.45, 7) is 2.17. The topological polar surface area (TPSA) is 134 Å². The average Bonchev–Trinajstić information content (AvgIpc) is 2.92. The normalized spacial score (nSPS) is 16.5. The number of nitrogens with one attached hydrogen (secondary N) is 2. The maximum atomic E-state index is 13.7. The minimum atomic E-state index is -3.29. The first-order valence-corrected chi connectivity index (χ1v) is 15.8. The molecular formula is C30H37N5O4S. The second-order valence-corrected chi connectivity index (χ2v) is 13.5. The highest BCUT2D eigenvalue weighted by Gasteiger charge is 2.34. The minimum Gasteiger partial charge on any atom is -0.358 e. The van der Waals surface area contributed by atoms with Crippen LogP contribution in [-0.4, -0.2) is 48.0 Å². The number of amides is 1. The number of aromatic nitrogens is 2. The van der Waals surface area contributed by atoms with Crippen LogP contribution in [0.3, 0.4) is 0 Å². The van der Waals surface area contributed by atoms with Gasteiger partial charge in [0.15, 0.2) is 0 Å². The highest BCUT2D eigenvalue weighted by Crippen LogP contribution is 2.40. The number of hydrogen-bond acceptors (Lipinski definition) is 7. The Balaban J connectivity index is 1.65. The second kappa shape index (κ2) is 12.6.